The lowest BCUT2D eigenvalue weighted by atomic mass is 10.1. The van der Waals surface area contributed by atoms with Crippen molar-refractivity contribution in [2.24, 2.45) is 0 Å². The van der Waals surface area contributed by atoms with Crippen molar-refractivity contribution in [3.63, 3.8) is 0 Å². The van der Waals surface area contributed by atoms with Gasteiger partial charge in [-0.15, -0.1) is 0 Å². The molecule has 0 radical (unpaired) electrons. The average molecular weight is 408 g/mol. The van der Waals surface area contributed by atoms with E-state index in [0.717, 1.165) is 11.1 Å². The standard InChI is InChI=1S/C20H17ClF3N3O/c21-15-8-6-14(7-9-15)17-12-16(13-4-2-1-3-5-13)26-19(27-17)25-11-10-18(28)20(22,23)24/h1-9,12,18,28H,10-11H2,(H,25,26,27). The van der Waals surface area contributed by atoms with Crippen LogP contribution in [0.5, 0.6) is 0 Å². The first-order valence-corrected chi connectivity index (χ1v) is 8.90. The SMILES string of the molecule is OC(CCNc1nc(-c2ccccc2)cc(-c2ccc(Cl)cc2)n1)C(F)(F)F. The predicted octanol–water partition coefficient (Wildman–Crippen LogP) is 5.19. The number of halogens is 4. The van der Waals surface area contributed by atoms with Gasteiger partial charge in [0.1, 0.15) is 0 Å². The van der Waals surface area contributed by atoms with Crippen LogP contribution in [0.1, 0.15) is 6.42 Å². The number of hydrogen-bond acceptors (Lipinski definition) is 4. The van der Waals surface area contributed by atoms with E-state index >= 15 is 0 Å². The second kappa shape index (κ2) is 8.58. The molecule has 2 aromatic carbocycles. The molecule has 3 aromatic rings. The lowest BCUT2D eigenvalue weighted by Gasteiger charge is -2.15. The van der Waals surface area contributed by atoms with E-state index < -0.39 is 18.7 Å². The normalized spacial score (nSPS) is 12.6. The van der Waals surface area contributed by atoms with Crippen molar-refractivity contribution in [3.05, 3.63) is 65.7 Å². The molecule has 2 N–H and O–H groups in total. The fraction of sp³-hybridized carbons (Fsp3) is 0.200. The molecule has 0 spiro atoms. The lowest BCUT2D eigenvalue weighted by Crippen LogP contribution is -2.30. The van der Waals surface area contributed by atoms with Gasteiger partial charge in [0.15, 0.2) is 6.10 Å². The third-order valence-electron chi connectivity index (χ3n) is 4.01. The first kappa shape index (κ1) is 20.1. The number of aliphatic hydroxyl groups excluding tert-OH is 1. The number of nitrogens with zero attached hydrogens (tertiary/aromatic N) is 2. The summed E-state index contributed by atoms with van der Waals surface area (Å²) in [5.74, 6) is 0.181. The van der Waals surface area contributed by atoms with Crippen molar-refractivity contribution >= 4 is 17.5 Å². The molecule has 1 atom stereocenters. The van der Waals surface area contributed by atoms with Crippen LogP contribution in [-0.4, -0.2) is 33.9 Å². The van der Waals surface area contributed by atoms with Crippen molar-refractivity contribution in [2.45, 2.75) is 18.7 Å². The summed E-state index contributed by atoms with van der Waals surface area (Å²) in [7, 11) is 0. The van der Waals surface area contributed by atoms with Crippen LogP contribution in [-0.2, 0) is 0 Å². The number of hydrogen-bond donors (Lipinski definition) is 2. The minimum Gasteiger partial charge on any atom is -0.384 e. The Labute approximate surface area is 165 Å². The Balaban J connectivity index is 1.88. The molecule has 0 bridgehead atoms. The number of anilines is 1. The molecule has 0 amide bonds. The van der Waals surface area contributed by atoms with Crippen LogP contribution in [0.4, 0.5) is 19.1 Å². The fourth-order valence-corrected chi connectivity index (χ4v) is 2.66. The van der Waals surface area contributed by atoms with Crippen LogP contribution in [0, 0.1) is 0 Å². The molecule has 0 saturated carbocycles. The van der Waals surface area contributed by atoms with E-state index in [1.54, 1.807) is 30.3 Å². The molecule has 0 aliphatic carbocycles. The number of aliphatic hydroxyl groups is 1. The minimum atomic E-state index is -4.65. The molecule has 28 heavy (non-hydrogen) atoms. The van der Waals surface area contributed by atoms with Crippen LogP contribution in [0.15, 0.2) is 60.7 Å². The molecule has 146 valence electrons. The predicted molar refractivity (Wildman–Crippen MR) is 103 cm³/mol. The van der Waals surface area contributed by atoms with E-state index in [1.165, 1.54) is 0 Å². The molecule has 0 saturated heterocycles. The summed E-state index contributed by atoms with van der Waals surface area (Å²) >= 11 is 5.93. The highest BCUT2D eigenvalue weighted by atomic mass is 35.5. The monoisotopic (exact) mass is 407 g/mol. The Kier molecular flexibility index (Phi) is 6.16. The first-order chi connectivity index (χ1) is 13.3. The van der Waals surface area contributed by atoms with Crippen LogP contribution in [0.25, 0.3) is 22.5 Å². The molecular formula is C20H17ClF3N3O. The van der Waals surface area contributed by atoms with E-state index in [2.05, 4.69) is 15.3 Å². The van der Waals surface area contributed by atoms with E-state index in [0.29, 0.717) is 16.4 Å². The van der Waals surface area contributed by atoms with Gasteiger partial charge in [0.05, 0.1) is 11.4 Å². The fourth-order valence-electron chi connectivity index (χ4n) is 2.54. The molecule has 1 unspecified atom stereocenters. The van der Waals surface area contributed by atoms with Gasteiger partial charge in [0, 0.05) is 22.7 Å². The van der Waals surface area contributed by atoms with Crippen molar-refractivity contribution in [1.82, 2.24) is 9.97 Å². The maximum absolute atomic E-state index is 12.5. The van der Waals surface area contributed by atoms with Gasteiger partial charge < -0.3 is 10.4 Å². The van der Waals surface area contributed by atoms with Crippen LogP contribution in [0.3, 0.4) is 0 Å². The number of aromatic nitrogens is 2. The van der Waals surface area contributed by atoms with Crippen LogP contribution < -0.4 is 5.32 Å². The Bertz CT molecular complexity index is 918. The van der Waals surface area contributed by atoms with Gasteiger partial charge in [-0.05, 0) is 24.6 Å². The van der Waals surface area contributed by atoms with E-state index in [-0.39, 0.29) is 12.5 Å². The van der Waals surface area contributed by atoms with Crippen molar-refractivity contribution in [1.29, 1.82) is 0 Å². The summed E-state index contributed by atoms with van der Waals surface area (Å²) in [5, 5.41) is 12.5. The van der Waals surface area contributed by atoms with E-state index in [9.17, 15) is 13.2 Å². The summed E-state index contributed by atoms with van der Waals surface area (Å²) in [6.45, 7) is -0.126. The van der Waals surface area contributed by atoms with Gasteiger partial charge in [-0.3, -0.25) is 0 Å². The Morgan fingerprint density at radius 2 is 1.50 bits per heavy atom. The number of benzene rings is 2. The van der Waals surface area contributed by atoms with Gasteiger partial charge in [-0.2, -0.15) is 13.2 Å². The quantitative estimate of drug-likeness (QED) is 0.590. The zero-order chi connectivity index (χ0) is 20.1. The topological polar surface area (TPSA) is 58.0 Å². The highest BCUT2D eigenvalue weighted by Crippen LogP contribution is 2.26. The largest absolute Gasteiger partial charge is 0.414 e. The van der Waals surface area contributed by atoms with Gasteiger partial charge >= 0.3 is 6.18 Å². The Hall–Kier alpha value is -2.64. The second-order valence-electron chi connectivity index (χ2n) is 6.11. The molecule has 1 heterocycles. The summed E-state index contributed by atoms with van der Waals surface area (Å²) in [5.41, 5.74) is 2.87. The number of rotatable bonds is 6. The van der Waals surface area contributed by atoms with Crippen molar-refractivity contribution in [2.75, 3.05) is 11.9 Å². The highest BCUT2D eigenvalue weighted by molar-refractivity contribution is 6.30. The molecule has 0 aliphatic rings. The van der Waals surface area contributed by atoms with E-state index in [4.69, 9.17) is 16.7 Å². The lowest BCUT2D eigenvalue weighted by molar-refractivity contribution is -0.204. The molecule has 4 nitrogen and oxygen atoms in total. The first-order valence-electron chi connectivity index (χ1n) is 8.52. The number of alkyl halides is 3. The minimum absolute atomic E-state index is 0.126. The van der Waals surface area contributed by atoms with Gasteiger partial charge in [-0.1, -0.05) is 54.1 Å². The van der Waals surface area contributed by atoms with Crippen LogP contribution in [0.2, 0.25) is 5.02 Å². The Morgan fingerprint density at radius 1 is 0.929 bits per heavy atom. The van der Waals surface area contributed by atoms with Gasteiger partial charge in [0.2, 0.25) is 5.95 Å². The summed E-state index contributed by atoms with van der Waals surface area (Å²) in [4.78, 5) is 8.78. The molecule has 0 aliphatic heterocycles. The third-order valence-corrected chi connectivity index (χ3v) is 4.27. The summed E-state index contributed by atoms with van der Waals surface area (Å²) < 4.78 is 37.4. The molecule has 0 fully saturated rings. The molecule has 3 rings (SSSR count). The summed E-state index contributed by atoms with van der Waals surface area (Å²) in [6, 6.07) is 18.2. The molecule has 1 aromatic heterocycles. The molecular weight excluding hydrogens is 391 g/mol. The second-order valence-corrected chi connectivity index (χ2v) is 6.54. The zero-order valence-electron chi connectivity index (χ0n) is 14.6. The average Bonchev–Trinajstić information content (AvgIpc) is 2.68. The number of nitrogens with one attached hydrogen (secondary N) is 1. The smallest absolute Gasteiger partial charge is 0.384 e. The van der Waals surface area contributed by atoms with E-state index in [1.807, 2.05) is 30.3 Å². The highest BCUT2D eigenvalue weighted by Gasteiger charge is 2.37. The third kappa shape index (κ3) is 5.21. The van der Waals surface area contributed by atoms with Crippen LogP contribution >= 0.6 is 11.6 Å². The summed E-state index contributed by atoms with van der Waals surface area (Å²) in [6.07, 6.45) is -7.55. The van der Waals surface area contributed by atoms with Gasteiger partial charge in [-0.25, -0.2) is 9.97 Å². The van der Waals surface area contributed by atoms with Gasteiger partial charge in [0.25, 0.3) is 0 Å². The Morgan fingerprint density at radius 3 is 2.07 bits per heavy atom. The zero-order valence-corrected chi connectivity index (χ0v) is 15.4. The van der Waals surface area contributed by atoms with Crippen molar-refractivity contribution in [3.8, 4) is 22.5 Å². The molecule has 8 heteroatoms. The maximum atomic E-state index is 12.5. The maximum Gasteiger partial charge on any atom is 0.414 e. The van der Waals surface area contributed by atoms with Crippen molar-refractivity contribution < 1.29 is 18.3 Å².